The van der Waals surface area contributed by atoms with Crippen LogP contribution in [0.15, 0.2) is 18.3 Å². The Balaban J connectivity index is 2.24. The molecular formula is C17H17Cl3N2O2. The van der Waals surface area contributed by atoms with Crippen LogP contribution in [0.1, 0.15) is 35.3 Å². The van der Waals surface area contributed by atoms with Crippen LogP contribution in [0.4, 0.5) is 0 Å². The number of benzene rings is 1. The number of carboxylic acid groups (broad SMARTS) is 1. The number of nitrogens with one attached hydrogen (secondary N) is 1. The van der Waals surface area contributed by atoms with Crippen molar-refractivity contribution in [3.63, 3.8) is 0 Å². The lowest BCUT2D eigenvalue weighted by atomic mass is 9.72. The lowest BCUT2D eigenvalue weighted by molar-refractivity contribution is 0.0494. The number of carboxylic acids is 1. The van der Waals surface area contributed by atoms with E-state index in [1.54, 1.807) is 18.3 Å². The van der Waals surface area contributed by atoms with E-state index in [4.69, 9.17) is 34.8 Å². The Hall–Kier alpha value is -1.20. The molecule has 1 heterocycles. The maximum absolute atomic E-state index is 12.0. The molecule has 1 saturated carbocycles. The number of hydrogen-bond donors (Lipinski definition) is 2. The SMILES string of the molecule is CN(C)C1(c2[nH]cc(-c3c(Cl)cc(Cl)cc3Cl)c2C(=O)O)CCC1. The predicted octanol–water partition coefficient (Wildman–Crippen LogP) is 5.28. The third-order valence-corrected chi connectivity index (χ3v) is 5.69. The lowest BCUT2D eigenvalue weighted by Gasteiger charge is -2.47. The van der Waals surface area contributed by atoms with Gasteiger partial charge in [0.15, 0.2) is 0 Å². The van der Waals surface area contributed by atoms with Crippen LogP contribution in [-0.4, -0.2) is 35.1 Å². The van der Waals surface area contributed by atoms with Crippen molar-refractivity contribution in [2.75, 3.05) is 14.1 Å². The number of aromatic amines is 1. The number of aromatic carboxylic acids is 1. The molecule has 0 bridgehead atoms. The van der Waals surface area contributed by atoms with Crippen LogP contribution < -0.4 is 0 Å². The number of rotatable bonds is 4. The normalized spacial score (nSPS) is 16.2. The third kappa shape index (κ3) is 2.62. The van der Waals surface area contributed by atoms with Crippen molar-refractivity contribution in [1.29, 1.82) is 0 Å². The first-order valence-electron chi connectivity index (χ1n) is 7.55. The van der Waals surface area contributed by atoms with E-state index in [1.165, 1.54) is 0 Å². The van der Waals surface area contributed by atoms with Crippen LogP contribution in [0.2, 0.25) is 15.1 Å². The molecule has 128 valence electrons. The average Bonchev–Trinajstić information content (AvgIpc) is 2.80. The fourth-order valence-electron chi connectivity index (χ4n) is 3.44. The number of halogens is 3. The fraction of sp³-hybridized carbons (Fsp3) is 0.353. The Morgan fingerprint density at radius 1 is 1.21 bits per heavy atom. The summed E-state index contributed by atoms with van der Waals surface area (Å²) in [5.41, 5.74) is 1.59. The van der Waals surface area contributed by atoms with E-state index in [2.05, 4.69) is 9.88 Å². The summed E-state index contributed by atoms with van der Waals surface area (Å²) in [5, 5.41) is 10.9. The summed E-state index contributed by atoms with van der Waals surface area (Å²) in [4.78, 5) is 17.3. The molecule has 0 amide bonds. The highest BCUT2D eigenvalue weighted by molar-refractivity contribution is 6.42. The molecule has 1 aromatic heterocycles. The van der Waals surface area contributed by atoms with Gasteiger partial charge in [0, 0.05) is 22.3 Å². The van der Waals surface area contributed by atoms with Gasteiger partial charge in [0.2, 0.25) is 0 Å². The summed E-state index contributed by atoms with van der Waals surface area (Å²) in [6, 6.07) is 3.13. The minimum absolute atomic E-state index is 0.217. The summed E-state index contributed by atoms with van der Waals surface area (Å²) in [6.45, 7) is 0. The van der Waals surface area contributed by atoms with E-state index in [9.17, 15) is 9.90 Å². The van der Waals surface area contributed by atoms with Gasteiger partial charge in [-0.3, -0.25) is 4.90 Å². The first kappa shape index (κ1) is 17.6. The van der Waals surface area contributed by atoms with E-state index in [-0.39, 0.29) is 11.1 Å². The maximum atomic E-state index is 12.0. The van der Waals surface area contributed by atoms with Crippen molar-refractivity contribution >= 4 is 40.8 Å². The van der Waals surface area contributed by atoms with Crippen molar-refractivity contribution in [3.8, 4) is 11.1 Å². The minimum Gasteiger partial charge on any atom is -0.478 e. The molecule has 1 aromatic carbocycles. The molecule has 1 fully saturated rings. The molecule has 0 spiro atoms. The smallest absolute Gasteiger partial charge is 0.338 e. The molecule has 1 aliphatic carbocycles. The summed E-state index contributed by atoms with van der Waals surface area (Å²) < 4.78 is 0. The van der Waals surface area contributed by atoms with Crippen LogP contribution in [0.3, 0.4) is 0 Å². The highest BCUT2D eigenvalue weighted by Crippen LogP contribution is 2.49. The van der Waals surface area contributed by atoms with Gasteiger partial charge in [-0.15, -0.1) is 0 Å². The van der Waals surface area contributed by atoms with E-state index in [0.29, 0.717) is 31.9 Å². The van der Waals surface area contributed by atoms with Gasteiger partial charge < -0.3 is 10.1 Å². The molecule has 7 heteroatoms. The van der Waals surface area contributed by atoms with Crippen molar-refractivity contribution in [2.24, 2.45) is 0 Å². The Labute approximate surface area is 155 Å². The molecule has 2 N–H and O–H groups in total. The second-order valence-corrected chi connectivity index (χ2v) is 7.53. The zero-order valence-corrected chi connectivity index (χ0v) is 15.6. The molecule has 1 aliphatic rings. The first-order valence-corrected chi connectivity index (χ1v) is 8.69. The number of carbonyl (C=O) groups is 1. The second kappa shape index (κ2) is 6.26. The Bertz CT molecular complexity index is 787. The van der Waals surface area contributed by atoms with Crippen LogP contribution in [0, 0.1) is 0 Å². The van der Waals surface area contributed by atoms with Gasteiger partial charge in [-0.2, -0.15) is 0 Å². The quantitative estimate of drug-likeness (QED) is 0.750. The standard InChI is InChI=1S/C17H17Cl3N2O2/c1-22(2)17(4-3-5-17)15-14(16(23)24)10(8-21-15)13-11(19)6-9(18)7-12(13)20/h6-8,21H,3-5H2,1-2H3,(H,23,24). The van der Waals surface area contributed by atoms with Gasteiger partial charge in [-0.25, -0.2) is 4.79 Å². The van der Waals surface area contributed by atoms with Crippen molar-refractivity contribution in [2.45, 2.75) is 24.8 Å². The van der Waals surface area contributed by atoms with Crippen LogP contribution in [0.25, 0.3) is 11.1 Å². The molecule has 0 radical (unpaired) electrons. The molecule has 0 aliphatic heterocycles. The number of H-pyrrole nitrogens is 1. The lowest BCUT2D eigenvalue weighted by Crippen LogP contribution is -2.48. The number of aromatic nitrogens is 1. The van der Waals surface area contributed by atoms with Crippen LogP contribution in [-0.2, 0) is 5.54 Å². The van der Waals surface area contributed by atoms with Gasteiger partial charge in [-0.1, -0.05) is 34.8 Å². The van der Waals surface area contributed by atoms with E-state index < -0.39 is 5.97 Å². The van der Waals surface area contributed by atoms with E-state index >= 15 is 0 Å². The molecule has 0 atom stereocenters. The summed E-state index contributed by atoms with van der Waals surface area (Å²) in [6.07, 6.45) is 4.54. The van der Waals surface area contributed by atoms with Crippen LogP contribution in [0.5, 0.6) is 0 Å². The molecule has 3 rings (SSSR count). The van der Waals surface area contributed by atoms with Crippen molar-refractivity contribution in [3.05, 3.63) is 44.7 Å². The average molecular weight is 388 g/mol. The minimum atomic E-state index is -1.00. The summed E-state index contributed by atoms with van der Waals surface area (Å²) in [7, 11) is 3.93. The molecule has 0 saturated heterocycles. The fourth-order valence-corrected chi connectivity index (χ4v) is 4.46. The Morgan fingerprint density at radius 3 is 2.21 bits per heavy atom. The van der Waals surface area contributed by atoms with E-state index in [0.717, 1.165) is 19.3 Å². The molecule has 4 nitrogen and oxygen atoms in total. The zero-order chi connectivity index (χ0) is 17.6. The Morgan fingerprint density at radius 2 is 1.79 bits per heavy atom. The first-order chi connectivity index (χ1) is 11.3. The third-order valence-electron chi connectivity index (χ3n) is 4.87. The molecular weight excluding hydrogens is 371 g/mol. The topological polar surface area (TPSA) is 56.3 Å². The highest BCUT2D eigenvalue weighted by Gasteiger charge is 2.45. The number of nitrogens with zero attached hydrogens (tertiary/aromatic N) is 1. The molecule has 0 unspecified atom stereocenters. The number of hydrogen-bond acceptors (Lipinski definition) is 2. The van der Waals surface area contributed by atoms with Gasteiger partial charge in [0.05, 0.1) is 26.8 Å². The zero-order valence-electron chi connectivity index (χ0n) is 13.3. The van der Waals surface area contributed by atoms with Gasteiger partial charge in [0.25, 0.3) is 0 Å². The Kier molecular flexibility index (Phi) is 4.60. The maximum Gasteiger partial charge on any atom is 0.338 e. The second-order valence-electron chi connectivity index (χ2n) is 6.28. The molecule has 2 aromatic rings. The van der Waals surface area contributed by atoms with Crippen molar-refractivity contribution < 1.29 is 9.90 Å². The monoisotopic (exact) mass is 386 g/mol. The van der Waals surface area contributed by atoms with Gasteiger partial charge in [0.1, 0.15) is 0 Å². The van der Waals surface area contributed by atoms with E-state index in [1.807, 2.05) is 14.1 Å². The van der Waals surface area contributed by atoms with Crippen molar-refractivity contribution in [1.82, 2.24) is 9.88 Å². The largest absolute Gasteiger partial charge is 0.478 e. The molecule has 24 heavy (non-hydrogen) atoms. The summed E-state index contributed by atoms with van der Waals surface area (Å²) in [5.74, 6) is -1.00. The van der Waals surface area contributed by atoms with Gasteiger partial charge in [-0.05, 0) is 45.5 Å². The van der Waals surface area contributed by atoms with Crippen LogP contribution >= 0.6 is 34.8 Å². The van der Waals surface area contributed by atoms with Gasteiger partial charge >= 0.3 is 5.97 Å². The highest BCUT2D eigenvalue weighted by atomic mass is 35.5. The summed E-state index contributed by atoms with van der Waals surface area (Å²) >= 11 is 18.6. The predicted molar refractivity (Wildman–Crippen MR) is 97.4 cm³/mol.